The first kappa shape index (κ1) is 22.3. The standard InChI is InChI=1S/C24H34ClN5O/c1-4-5-16-12-18(28-15(2)3)7-9-22(16)30-11-10-21(24(30)31)29-23-19-13-17(25)6-8-20(19)26-14-27-23/h6,8,13-16,18,21-22,28H,4-5,7,9-12H2,1-3H3,(H,26,27,29)/t16-,18+,21-,22-/m0/s1. The van der Waals surface area contributed by atoms with E-state index in [2.05, 4.69) is 46.3 Å². The van der Waals surface area contributed by atoms with E-state index >= 15 is 0 Å². The first-order valence-electron chi connectivity index (χ1n) is 11.7. The van der Waals surface area contributed by atoms with Gasteiger partial charge in [0.2, 0.25) is 5.91 Å². The van der Waals surface area contributed by atoms with Gasteiger partial charge in [-0.25, -0.2) is 9.97 Å². The second-order valence-electron chi connectivity index (χ2n) is 9.35. The Kier molecular flexibility index (Phi) is 6.97. The highest BCUT2D eigenvalue weighted by atomic mass is 35.5. The molecular formula is C24H34ClN5O. The van der Waals surface area contributed by atoms with E-state index in [0.717, 1.165) is 49.6 Å². The van der Waals surface area contributed by atoms with Gasteiger partial charge in [-0.1, -0.05) is 38.8 Å². The van der Waals surface area contributed by atoms with E-state index < -0.39 is 0 Å². The number of rotatable bonds is 7. The van der Waals surface area contributed by atoms with E-state index in [9.17, 15) is 4.79 Å². The van der Waals surface area contributed by atoms with Crippen LogP contribution in [-0.4, -0.2) is 51.5 Å². The van der Waals surface area contributed by atoms with E-state index in [1.807, 2.05) is 18.2 Å². The Morgan fingerprint density at radius 1 is 1.23 bits per heavy atom. The maximum atomic E-state index is 13.4. The van der Waals surface area contributed by atoms with E-state index in [0.29, 0.717) is 34.9 Å². The zero-order chi connectivity index (χ0) is 22.0. The van der Waals surface area contributed by atoms with E-state index in [-0.39, 0.29) is 11.9 Å². The molecule has 1 amide bonds. The Hall–Kier alpha value is -1.92. The summed E-state index contributed by atoms with van der Waals surface area (Å²) in [6.45, 7) is 7.49. The van der Waals surface area contributed by atoms with Crippen molar-refractivity contribution >= 4 is 34.2 Å². The predicted octanol–water partition coefficient (Wildman–Crippen LogP) is 4.63. The number of carbonyl (C=O) groups excluding carboxylic acids is 1. The van der Waals surface area contributed by atoms with Gasteiger partial charge < -0.3 is 15.5 Å². The molecule has 2 N–H and O–H groups in total. The largest absolute Gasteiger partial charge is 0.358 e. The quantitative estimate of drug-likeness (QED) is 0.652. The number of hydrogen-bond donors (Lipinski definition) is 2. The van der Waals surface area contributed by atoms with Crippen LogP contribution in [0.25, 0.3) is 10.9 Å². The molecule has 7 heteroatoms. The molecule has 2 aliphatic rings. The second-order valence-corrected chi connectivity index (χ2v) is 9.78. The van der Waals surface area contributed by atoms with Crippen molar-refractivity contribution in [1.29, 1.82) is 0 Å². The smallest absolute Gasteiger partial charge is 0.245 e. The van der Waals surface area contributed by atoms with Crippen LogP contribution >= 0.6 is 11.6 Å². The Morgan fingerprint density at radius 3 is 2.84 bits per heavy atom. The average molecular weight is 444 g/mol. The summed E-state index contributed by atoms with van der Waals surface area (Å²) >= 11 is 6.19. The zero-order valence-electron chi connectivity index (χ0n) is 18.8. The van der Waals surface area contributed by atoms with Gasteiger partial charge in [-0.2, -0.15) is 0 Å². The number of nitrogens with one attached hydrogen (secondary N) is 2. The fraction of sp³-hybridized carbons (Fsp3) is 0.625. The molecule has 0 unspecified atom stereocenters. The van der Waals surface area contributed by atoms with Crippen molar-refractivity contribution in [2.24, 2.45) is 5.92 Å². The number of anilines is 1. The van der Waals surface area contributed by atoms with Crippen molar-refractivity contribution in [1.82, 2.24) is 20.2 Å². The molecule has 2 heterocycles. The molecule has 1 aromatic heterocycles. The molecule has 0 spiro atoms. The van der Waals surface area contributed by atoms with Crippen LogP contribution in [0.15, 0.2) is 24.5 Å². The first-order chi connectivity index (χ1) is 15.0. The molecule has 1 aliphatic carbocycles. The number of aromatic nitrogens is 2. The van der Waals surface area contributed by atoms with Gasteiger partial charge in [0.25, 0.3) is 0 Å². The summed E-state index contributed by atoms with van der Waals surface area (Å²) in [5, 5.41) is 8.60. The Labute approximate surface area is 190 Å². The van der Waals surface area contributed by atoms with Gasteiger partial charge in [-0.15, -0.1) is 0 Å². The molecule has 0 radical (unpaired) electrons. The first-order valence-corrected chi connectivity index (χ1v) is 12.1. The minimum Gasteiger partial charge on any atom is -0.358 e. The third-order valence-corrected chi connectivity index (χ3v) is 6.95. The van der Waals surface area contributed by atoms with Gasteiger partial charge in [0.15, 0.2) is 0 Å². The number of hydrogen-bond acceptors (Lipinski definition) is 5. The van der Waals surface area contributed by atoms with Crippen molar-refractivity contribution in [2.45, 2.75) is 83.5 Å². The number of benzene rings is 1. The lowest BCUT2D eigenvalue weighted by Gasteiger charge is -2.42. The van der Waals surface area contributed by atoms with Gasteiger partial charge in [0.1, 0.15) is 18.2 Å². The molecule has 1 aliphatic heterocycles. The highest BCUT2D eigenvalue weighted by Crippen LogP contribution is 2.35. The molecule has 31 heavy (non-hydrogen) atoms. The highest BCUT2D eigenvalue weighted by Gasteiger charge is 2.41. The van der Waals surface area contributed by atoms with Crippen molar-refractivity contribution in [3.8, 4) is 0 Å². The van der Waals surface area contributed by atoms with E-state index in [1.54, 1.807) is 0 Å². The topological polar surface area (TPSA) is 70.2 Å². The van der Waals surface area contributed by atoms with Crippen molar-refractivity contribution in [3.05, 3.63) is 29.5 Å². The van der Waals surface area contributed by atoms with Crippen LogP contribution in [0.5, 0.6) is 0 Å². The van der Waals surface area contributed by atoms with Crippen molar-refractivity contribution < 1.29 is 4.79 Å². The lowest BCUT2D eigenvalue weighted by molar-refractivity contribution is -0.132. The number of likely N-dealkylation sites (tertiary alicyclic amines) is 1. The summed E-state index contributed by atoms with van der Waals surface area (Å²) in [6.07, 6.45) is 8.06. The summed E-state index contributed by atoms with van der Waals surface area (Å²) in [7, 11) is 0. The molecule has 1 saturated carbocycles. The fourth-order valence-corrected chi connectivity index (χ4v) is 5.61. The summed E-state index contributed by atoms with van der Waals surface area (Å²) in [6, 6.07) is 6.73. The predicted molar refractivity (Wildman–Crippen MR) is 126 cm³/mol. The lowest BCUT2D eigenvalue weighted by Crippen LogP contribution is -2.50. The van der Waals surface area contributed by atoms with Gasteiger partial charge in [-0.3, -0.25) is 4.79 Å². The normalized spacial score (nSPS) is 26.7. The Morgan fingerprint density at radius 2 is 2.06 bits per heavy atom. The molecule has 1 aromatic carbocycles. The van der Waals surface area contributed by atoms with Gasteiger partial charge in [0, 0.05) is 35.1 Å². The van der Waals surface area contributed by atoms with Crippen molar-refractivity contribution in [3.63, 3.8) is 0 Å². The average Bonchev–Trinajstić information content (AvgIpc) is 3.09. The Balaban J connectivity index is 1.47. The molecule has 4 atom stereocenters. The summed E-state index contributed by atoms with van der Waals surface area (Å²) in [4.78, 5) is 24.3. The summed E-state index contributed by atoms with van der Waals surface area (Å²) in [5.74, 6) is 1.45. The molecule has 168 valence electrons. The molecular weight excluding hydrogens is 410 g/mol. The summed E-state index contributed by atoms with van der Waals surface area (Å²) < 4.78 is 0. The number of fused-ring (bicyclic) bond motifs is 1. The molecule has 2 aromatic rings. The number of amides is 1. The minimum atomic E-state index is -0.245. The van der Waals surface area contributed by atoms with Crippen LogP contribution in [0.2, 0.25) is 5.02 Å². The van der Waals surface area contributed by atoms with Crippen LogP contribution in [0.3, 0.4) is 0 Å². The highest BCUT2D eigenvalue weighted by molar-refractivity contribution is 6.31. The van der Waals surface area contributed by atoms with E-state index in [1.165, 1.54) is 12.7 Å². The van der Waals surface area contributed by atoms with Crippen LogP contribution in [0.4, 0.5) is 5.82 Å². The third kappa shape index (κ3) is 4.96. The maximum Gasteiger partial charge on any atom is 0.245 e. The van der Waals surface area contributed by atoms with Gasteiger partial charge >= 0.3 is 0 Å². The fourth-order valence-electron chi connectivity index (χ4n) is 5.44. The maximum absolute atomic E-state index is 13.4. The number of halogens is 1. The molecule has 0 bridgehead atoms. The minimum absolute atomic E-state index is 0.204. The molecule has 4 rings (SSSR count). The third-order valence-electron chi connectivity index (χ3n) is 6.72. The van der Waals surface area contributed by atoms with Crippen LogP contribution in [0.1, 0.15) is 59.3 Å². The van der Waals surface area contributed by atoms with Crippen LogP contribution in [-0.2, 0) is 4.79 Å². The van der Waals surface area contributed by atoms with E-state index in [4.69, 9.17) is 11.6 Å². The second kappa shape index (κ2) is 9.70. The molecule has 2 fully saturated rings. The van der Waals surface area contributed by atoms with Crippen LogP contribution in [0, 0.1) is 5.92 Å². The molecule has 1 saturated heterocycles. The zero-order valence-corrected chi connectivity index (χ0v) is 19.5. The van der Waals surface area contributed by atoms with Crippen LogP contribution < -0.4 is 10.6 Å². The number of nitrogens with zero attached hydrogens (tertiary/aromatic N) is 3. The monoisotopic (exact) mass is 443 g/mol. The van der Waals surface area contributed by atoms with Crippen molar-refractivity contribution in [2.75, 3.05) is 11.9 Å². The number of carbonyl (C=O) groups is 1. The summed E-state index contributed by atoms with van der Waals surface area (Å²) in [5.41, 5.74) is 0.822. The Bertz CT molecular complexity index is 920. The SMILES string of the molecule is CCC[C@H]1C[C@H](NC(C)C)CC[C@@H]1N1CC[C@H](Nc2ncnc3ccc(Cl)cc23)C1=O. The van der Waals surface area contributed by atoms with Gasteiger partial charge in [0.05, 0.1) is 5.52 Å². The molecule has 6 nitrogen and oxygen atoms in total. The van der Waals surface area contributed by atoms with Gasteiger partial charge in [-0.05, 0) is 56.2 Å². The lowest BCUT2D eigenvalue weighted by atomic mass is 9.78.